The molecule has 0 fully saturated rings. The zero-order chi connectivity index (χ0) is 13.4. The summed E-state index contributed by atoms with van der Waals surface area (Å²) >= 11 is 0. The minimum absolute atomic E-state index is 0.546. The van der Waals surface area contributed by atoms with Gasteiger partial charge in [0, 0.05) is 6.42 Å². The van der Waals surface area contributed by atoms with Gasteiger partial charge in [0.25, 0.3) is 0 Å². The predicted octanol–water partition coefficient (Wildman–Crippen LogP) is 4.82. The van der Waals surface area contributed by atoms with Crippen molar-refractivity contribution in [3.63, 3.8) is 0 Å². The number of hydrogen-bond acceptors (Lipinski definition) is 2. The van der Waals surface area contributed by atoms with Crippen molar-refractivity contribution in [1.29, 1.82) is 0 Å². The van der Waals surface area contributed by atoms with Gasteiger partial charge < -0.3 is 9.47 Å². The summed E-state index contributed by atoms with van der Waals surface area (Å²) < 4.78 is 11.4. The van der Waals surface area contributed by atoms with Crippen LogP contribution in [0.3, 0.4) is 0 Å². The van der Waals surface area contributed by atoms with Crippen LogP contribution in [0.2, 0.25) is 0 Å². The van der Waals surface area contributed by atoms with Crippen molar-refractivity contribution in [1.82, 2.24) is 0 Å². The topological polar surface area (TPSA) is 18.5 Å². The van der Waals surface area contributed by atoms with Crippen molar-refractivity contribution in [2.75, 3.05) is 13.2 Å². The lowest BCUT2D eigenvalue weighted by Gasteiger charge is -2.19. The third-order valence-electron chi connectivity index (χ3n) is 3.27. The fourth-order valence-electron chi connectivity index (χ4n) is 2.07. The minimum atomic E-state index is 0.546. The van der Waals surface area contributed by atoms with Gasteiger partial charge in [0.1, 0.15) is 0 Å². The zero-order valence-corrected chi connectivity index (χ0v) is 12.4. The quantitative estimate of drug-likeness (QED) is 0.605. The summed E-state index contributed by atoms with van der Waals surface area (Å²) in [7, 11) is 0. The van der Waals surface area contributed by atoms with E-state index in [1.165, 1.54) is 36.2 Å². The molecule has 0 aromatic rings. The highest BCUT2D eigenvalue weighted by molar-refractivity contribution is 5.08. The van der Waals surface area contributed by atoms with Gasteiger partial charge in [-0.25, -0.2) is 0 Å². The molecule has 2 heteroatoms. The Balaban J connectivity index is 2.15. The fraction of sp³-hybridized carbons (Fsp3) is 0.750. The summed E-state index contributed by atoms with van der Waals surface area (Å²) in [6, 6.07) is 0. The average molecular weight is 252 g/mol. The molecule has 0 spiro atoms. The van der Waals surface area contributed by atoms with E-state index in [9.17, 15) is 0 Å². The molecule has 1 atom stereocenters. The molecule has 1 unspecified atom stereocenters. The Hall–Kier alpha value is -0.920. The van der Waals surface area contributed by atoms with Gasteiger partial charge in [-0.1, -0.05) is 6.92 Å². The Morgan fingerprint density at radius 3 is 2.67 bits per heavy atom. The van der Waals surface area contributed by atoms with Crippen LogP contribution < -0.4 is 0 Å². The van der Waals surface area contributed by atoms with E-state index in [2.05, 4.69) is 13.8 Å². The summed E-state index contributed by atoms with van der Waals surface area (Å²) in [4.78, 5) is 0. The standard InChI is InChI=1S/C16H28O2/c1-13(2)11-17-12-14(3)9-10-18-16-8-6-5-7-15(16)4/h11,14H,5-10,12H2,1-4H3. The Kier molecular flexibility index (Phi) is 6.92. The summed E-state index contributed by atoms with van der Waals surface area (Å²) in [6.45, 7) is 10.1. The molecule has 18 heavy (non-hydrogen) atoms. The van der Waals surface area contributed by atoms with E-state index >= 15 is 0 Å². The van der Waals surface area contributed by atoms with Crippen molar-refractivity contribution in [3.05, 3.63) is 23.2 Å². The van der Waals surface area contributed by atoms with Gasteiger partial charge in [-0.2, -0.15) is 0 Å². The molecule has 1 rings (SSSR count). The van der Waals surface area contributed by atoms with Crippen molar-refractivity contribution < 1.29 is 9.47 Å². The summed E-state index contributed by atoms with van der Waals surface area (Å²) in [5.74, 6) is 1.80. The van der Waals surface area contributed by atoms with Crippen LogP contribution in [0.25, 0.3) is 0 Å². The highest BCUT2D eigenvalue weighted by Crippen LogP contribution is 2.25. The van der Waals surface area contributed by atoms with E-state index in [1.807, 2.05) is 20.1 Å². The SMILES string of the molecule is CC(C)=COCC(C)CCOC1=C(C)CCCC1. The second-order valence-electron chi connectivity index (χ2n) is 5.68. The van der Waals surface area contributed by atoms with E-state index in [1.54, 1.807) is 0 Å². The van der Waals surface area contributed by atoms with Gasteiger partial charge >= 0.3 is 0 Å². The number of hydrogen-bond donors (Lipinski definition) is 0. The largest absolute Gasteiger partial charge is 0.501 e. The third-order valence-corrected chi connectivity index (χ3v) is 3.27. The number of rotatable bonds is 7. The molecule has 0 bridgehead atoms. The Bertz CT molecular complexity index is 298. The summed E-state index contributed by atoms with van der Waals surface area (Å²) in [6.07, 6.45) is 7.86. The smallest absolute Gasteiger partial charge is 0.0948 e. The van der Waals surface area contributed by atoms with Crippen LogP contribution >= 0.6 is 0 Å². The molecule has 1 aliphatic carbocycles. The molecule has 0 aromatic heterocycles. The molecule has 2 nitrogen and oxygen atoms in total. The first-order chi connectivity index (χ1) is 8.59. The van der Waals surface area contributed by atoms with Crippen molar-refractivity contribution in [3.8, 4) is 0 Å². The van der Waals surface area contributed by atoms with E-state index in [0.29, 0.717) is 5.92 Å². The molecule has 0 aromatic carbocycles. The van der Waals surface area contributed by atoms with Crippen LogP contribution in [0.5, 0.6) is 0 Å². The molecule has 0 N–H and O–H groups in total. The molecule has 0 saturated carbocycles. The number of ether oxygens (including phenoxy) is 2. The van der Waals surface area contributed by atoms with Crippen LogP contribution in [-0.4, -0.2) is 13.2 Å². The second kappa shape index (κ2) is 8.23. The predicted molar refractivity (Wildman–Crippen MR) is 76.3 cm³/mol. The first-order valence-electron chi connectivity index (χ1n) is 7.16. The maximum Gasteiger partial charge on any atom is 0.0948 e. The lowest BCUT2D eigenvalue weighted by molar-refractivity contribution is 0.142. The molecule has 0 saturated heterocycles. The van der Waals surface area contributed by atoms with E-state index in [4.69, 9.17) is 9.47 Å². The first kappa shape index (κ1) is 15.1. The molecule has 0 aliphatic heterocycles. The van der Waals surface area contributed by atoms with E-state index in [-0.39, 0.29) is 0 Å². The van der Waals surface area contributed by atoms with Crippen LogP contribution in [0.15, 0.2) is 23.2 Å². The summed E-state index contributed by atoms with van der Waals surface area (Å²) in [5.41, 5.74) is 2.66. The number of allylic oxidation sites excluding steroid dienone is 3. The maximum absolute atomic E-state index is 5.90. The molecular weight excluding hydrogens is 224 g/mol. The van der Waals surface area contributed by atoms with Gasteiger partial charge in [0.05, 0.1) is 25.2 Å². The van der Waals surface area contributed by atoms with Crippen LogP contribution in [0, 0.1) is 5.92 Å². The first-order valence-corrected chi connectivity index (χ1v) is 7.16. The summed E-state index contributed by atoms with van der Waals surface area (Å²) in [5, 5.41) is 0. The second-order valence-corrected chi connectivity index (χ2v) is 5.68. The van der Waals surface area contributed by atoms with Crippen LogP contribution in [0.4, 0.5) is 0 Å². The molecule has 0 amide bonds. The fourth-order valence-corrected chi connectivity index (χ4v) is 2.07. The molecular formula is C16H28O2. The van der Waals surface area contributed by atoms with E-state index < -0.39 is 0 Å². The van der Waals surface area contributed by atoms with Gasteiger partial charge in [0.15, 0.2) is 0 Å². The van der Waals surface area contributed by atoms with Gasteiger partial charge in [-0.05, 0) is 63.5 Å². The van der Waals surface area contributed by atoms with Crippen molar-refractivity contribution >= 4 is 0 Å². The normalized spacial score (nSPS) is 17.3. The molecule has 0 radical (unpaired) electrons. The lowest BCUT2D eigenvalue weighted by atomic mass is 9.99. The van der Waals surface area contributed by atoms with Gasteiger partial charge in [0.2, 0.25) is 0 Å². The average Bonchev–Trinajstić information content (AvgIpc) is 2.31. The van der Waals surface area contributed by atoms with Crippen molar-refractivity contribution in [2.24, 2.45) is 5.92 Å². The monoisotopic (exact) mass is 252 g/mol. The van der Waals surface area contributed by atoms with Crippen LogP contribution in [0.1, 0.15) is 59.8 Å². The van der Waals surface area contributed by atoms with E-state index in [0.717, 1.165) is 26.1 Å². The molecule has 1 aliphatic rings. The minimum Gasteiger partial charge on any atom is -0.501 e. The zero-order valence-electron chi connectivity index (χ0n) is 12.4. The van der Waals surface area contributed by atoms with Gasteiger partial charge in [-0.15, -0.1) is 0 Å². The van der Waals surface area contributed by atoms with Gasteiger partial charge in [-0.3, -0.25) is 0 Å². The Labute approximate surface area is 112 Å². The van der Waals surface area contributed by atoms with Crippen molar-refractivity contribution in [2.45, 2.75) is 59.8 Å². The van der Waals surface area contributed by atoms with Crippen LogP contribution in [-0.2, 0) is 9.47 Å². The Morgan fingerprint density at radius 1 is 1.28 bits per heavy atom. The highest BCUT2D eigenvalue weighted by atomic mass is 16.5. The molecule has 104 valence electrons. The Morgan fingerprint density at radius 2 is 2.00 bits per heavy atom. The molecule has 0 heterocycles. The maximum atomic E-state index is 5.90. The highest BCUT2D eigenvalue weighted by Gasteiger charge is 2.10. The lowest BCUT2D eigenvalue weighted by Crippen LogP contribution is -2.09. The third kappa shape index (κ3) is 6.13.